The molecule has 0 saturated carbocycles. The van der Waals surface area contributed by atoms with Gasteiger partial charge in [0, 0.05) is 27.8 Å². The van der Waals surface area contributed by atoms with Crippen LogP contribution in [0.2, 0.25) is 5.02 Å². The Morgan fingerprint density at radius 1 is 0.923 bits per heavy atom. The highest BCUT2D eigenvalue weighted by molar-refractivity contribution is 7.99. The maximum absolute atomic E-state index is 6.31. The SMILES string of the molecule is CCCCC[N+](C)(C)CCCN1c2ccccc2Sc2ccc(Cl)cc21. The molecule has 3 rings (SSSR count). The molecule has 0 N–H and O–H groups in total. The Morgan fingerprint density at radius 3 is 2.46 bits per heavy atom. The van der Waals surface area contributed by atoms with Crippen LogP contribution in [0.5, 0.6) is 0 Å². The van der Waals surface area contributed by atoms with E-state index in [9.17, 15) is 0 Å². The summed E-state index contributed by atoms with van der Waals surface area (Å²) in [4.78, 5) is 5.09. The van der Waals surface area contributed by atoms with Gasteiger partial charge in [-0.3, -0.25) is 0 Å². The predicted molar refractivity (Wildman–Crippen MR) is 115 cm³/mol. The first-order valence-electron chi connectivity index (χ1n) is 9.66. The number of fused-ring (bicyclic) bond motifs is 2. The van der Waals surface area contributed by atoms with Crippen molar-refractivity contribution in [2.45, 2.75) is 42.4 Å². The van der Waals surface area contributed by atoms with Gasteiger partial charge in [-0.2, -0.15) is 0 Å². The van der Waals surface area contributed by atoms with Crippen LogP contribution in [0.15, 0.2) is 52.3 Å². The first kappa shape index (κ1) is 19.6. The second-order valence-electron chi connectivity index (χ2n) is 7.78. The average molecular weight is 390 g/mol. The van der Waals surface area contributed by atoms with Crippen LogP contribution in [0.4, 0.5) is 11.4 Å². The molecule has 1 aliphatic rings. The van der Waals surface area contributed by atoms with E-state index < -0.39 is 0 Å². The largest absolute Gasteiger partial charge is 0.339 e. The molecule has 1 aliphatic heterocycles. The topological polar surface area (TPSA) is 3.24 Å². The molecule has 0 spiro atoms. The van der Waals surface area contributed by atoms with Crippen LogP contribution in [0.25, 0.3) is 0 Å². The van der Waals surface area contributed by atoms with Crippen molar-refractivity contribution in [3.05, 3.63) is 47.5 Å². The van der Waals surface area contributed by atoms with Crippen LogP contribution < -0.4 is 4.90 Å². The van der Waals surface area contributed by atoms with Gasteiger partial charge in [0.2, 0.25) is 0 Å². The fraction of sp³-hybridized carbons (Fsp3) is 0.455. The van der Waals surface area contributed by atoms with Gasteiger partial charge in [0.05, 0.1) is 38.6 Å². The summed E-state index contributed by atoms with van der Waals surface area (Å²) in [6.45, 7) is 5.77. The number of hydrogen-bond donors (Lipinski definition) is 0. The molecule has 0 radical (unpaired) electrons. The van der Waals surface area contributed by atoms with E-state index in [1.54, 1.807) is 0 Å². The Labute approximate surface area is 167 Å². The van der Waals surface area contributed by atoms with E-state index in [0.717, 1.165) is 16.1 Å². The van der Waals surface area contributed by atoms with Crippen molar-refractivity contribution in [2.75, 3.05) is 38.6 Å². The number of para-hydroxylation sites is 1. The van der Waals surface area contributed by atoms with Crippen LogP contribution in [-0.2, 0) is 0 Å². The maximum Gasteiger partial charge on any atom is 0.0799 e. The van der Waals surface area contributed by atoms with Crippen LogP contribution in [-0.4, -0.2) is 38.2 Å². The molecule has 26 heavy (non-hydrogen) atoms. The maximum atomic E-state index is 6.31. The average Bonchev–Trinajstić information content (AvgIpc) is 2.61. The number of nitrogens with zero attached hydrogens (tertiary/aromatic N) is 2. The zero-order valence-electron chi connectivity index (χ0n) is 16.2. The van der Waals surface area contributed by atoms with E-state index in [2.05, 4.69) is 62.3 Å². The lowest BCUT2D eigenvalue weighted by Gasteiger charge is -2.35. The van der Waals surface area contributed by atoms with Gasteiger partial charge in [-0.05, 0) is 43.2 Å². The Morgan fingerprint density at radius 2 is 1.65 bits per heavy atom. The zero-order valence-corrected chi connectivity index (χ0v) is 17.7. The van der Waals surface area contributed by atoms with E-state index >= 15 is 0 Å². The molecule has 1 heterocycles. The Kier molecular flexibility index (Phi) is 6.55. The Balaban J connectivity index is 1.72. The van der Waals surface area contributed by atoms with Crippen LogP contribution in [0, 0.1) is 0 Å². The van der Waals surface area contributed by atoms with Gasteiger partial charge in [0.15, 0.2) is 0 Å². The van der Waals surface area contributed by atoms with E-state index in [-0.39, 0.29) is 0 Å². The summed E-state index contributed by atoms with van der Waals surface area (Å²) in [5.41, 5.74) is 2.56. The Hall–Kier alpha value is -1.16. The lowest BCUT2D eigenvalue weighted by Crippen LogP contribution is -2.42. The van der Waals surface area contributed by atoms with Crippen molar-refractivity contribution in [1.29, 1.82) is 0 Å². The first-order valence-corrected chi connectivity index (χ1v) is 10.9. The highest BCUT2D eigenvalue weighted by Gasteiger charge is 2.24. The van der Waals surface area contributed by atoms with Gasteiger partial charge < -0.3 is 9.38 Å². The van der Waals surface area contributed by atoms with Crippen LogP contribution in [0.1, 0.15) is 32.6 Å². The van der Waals surface area contributed by atoms with Crippen molar-refractivity contribution in [2.24, 2.45) is 0 Å². The molecule has 2 nitrogen and oxygen atoms in total. The minimum atomic E-state index is 0.810. The molecule has 2 aromatic rings. The van der Waals surface area contributed by atoms with Crippen molar-refractivity contribution in [3.8, 4) is 0 Å². The van der Waals surface area contributed by atoms with Gasteiger partial charge in [-0.1, -0.05) is 48.8 Å². The number of unbranched alkanes of at least 4 members (excludes halogenated alkanes) is 2. The summed E-state index contributed by atoms with van der Waals surface area (Å²) in [6, 6.07) is 15.0. The first-order chi connectivity index (χ1) is 12.5. The molecular weight excluding hydrogens is 360 g/mol. The van der Waals surface area contributed by atoms with E-state index in [4.69, 9.17) is 11.6 Å². The van der Waals surface area contributed by atoms with Crippen LogP contribution >= 0.6 is 23.4 Å². The van der Waals surface area contributed by atoms with E-state index in [1.165, 1.54) is 59.9 Å². The number of anilines is 2. The molecule has 0 atom stereocenters. The minimum absolute atomic E-state index is 0.810. The molecule has 0 aliphatic carbocycles. The van der Waals surface area contributed by atoms with E-state index in [0.29, 0.717) is 0 Å². The molecule has 0 bridgehead atoms. The molecule has 0 unspecified atom stereocenters. The molecule has 0 fully saturated rings. The number of quaternary nitrogens is 1. The summed E-state index contributed by atoms with van der Waals surface area (Å²) in [6.07, 6.45) is 5.12. The molecule has 0 saturated heterocycles. The second-order valence-corrected chi connectivity index (χ2v) is 9.30. The third kappa shape index (κ3) is 4.76. The van der Waals surface area contributed by atoms with Crippen LogP contribution in [0.3, 0.4) is 0 Å². The van der Waals surface area contributed by atoms with Gasteiger partial charge in [-0.25, -0.2) is 0 Å². The monoisotopic (exact) mass is 389 g/mol. The van der Waals surface area contributed by atoms with Gasteiger partial charge >= 0.3 is 0 Å². The normalized spacial score (nSPS) is 13.5. The molecule has 2 aromatic carbocycles. The van der Waals surface area contributed by atoms with Gasteiger partial charge in [0.25, 0.3) is 0 Å². The second kappa shape index (κ2) is 8.69. The number of halogens is 1. The molecular formula is C22H30ClN2S+. The minimum Gasteiger partial charge on any atom is -0.339 e. The predicted octanol–water partition coefficient (Wildman–Crippen LogP) is 6.60. The summed E-state index contributed by atoms with van der Waals surface area (Å²) in [7, 11) is 4.72. The van der Waals surface area contributed by atoms with Crippen molar-refractivity contribution < 1.29 is 4.48 Å². The van der Waals surface area contributed by atoms with Crippen molar-refractivity contribution >= 4 is 34.7 Å². The third-order valence-electron chi connectivity index (χ3n) is 5.10. The molecule has 4 heteroatoms. The lowest BCUT2D eigenvalue weighted by molar-refractivity contribution is -0.890. The van der Waals surface area contributed by atoms with E-state index in [1.807, 2.05) is 17.8 Å². The van der Waals surface area contributed by atoms with Gasteiger partial charge in [0.1, 0.15) is 0 Å². The number of rotatable bonds is 8. The quantitative estimate of drug-likeness (QED) is 0.369. The Bertz CT molecular complexity index is 745. The standard InChI is InChI=1S/C22H30ClN2S/c1-4-5-8-15-25(2,3)16-9-14-24-19-10-6-7-11-21(19)26-22-13-12-18(23)17-20(22)24/h6-7,10-13,17H,4-5,8-9,14-16H2,1-3H3/q+1. The lowest BCUT2D eigenvalue weighted by atomic mass is 10.2. The zero-order chi connectivity index (χ0) is 18.6. The number of hydrogen-bond acceptors (Lipinski definition) is 2. The highest BCUT2D eigenvalue weighted by Crippen LogP contribution is 2.48. The number of benzene rings is 2. The highest BCUT2D eigenvalue weighted by atomic mass is 35.5. The third-order valence-corrected chi connectivity index (χ3v) is 6.47. The molecule has 0 amide bonds. The van der Waals surface area contributed by atoms with Gasteiger partial charge in [-0.15, -0.1) is 0 Å². The smallest absolute Gasteiger partial charge is 0.0799 e. The van der Waals surface area contributed by atoms with Crippen molar-refractivity contribution in [1.82, 2.24) is 0 Å². The molecule has 0 aromatic heterocycles. The van der Waals surface area contributed by atoms with Crippen molar-refractivity contribution in [3.63, 3.8) is 0 Å². The molecule has 140 valence electrons. The summed E-state index contributed by atoms with van der Waals surface area (Å²) < 4.78 is 1.10. The fourth-order valence-corrected chi connectivity index (χ4v) is 4.84. The summed E-state index contributed by atoms with van der Waals surface area (Å²) >= 11 is 8.15. The summed E-state index contributed by atoms with van der Waals surface area (Å²) in [5, 5.41) is 0.810. The fourth-order valence-electron chi connectivity index (χ4n) is 3.60. The summed E-state index contributed by atoms with van der Waals surface area (Å²) in [5.74, 6) is 0.